The van der Waals surface area contributed by atoms with E-state index in [1.807, 2.05) is 57.7 Å². The van der Waals surface area contributed by atoms with E-state index in [4.69, 9.17) is 4.74 Å². The molecule has 27 heavy (non-hydrogen) atoms. The number of ether oxygens (including phenoxy) is 1. The van der Waals surface area contributed by atoms with Gasteiger partial charge in [-0.2, -0.15) is 0 Å². The van der Waals surface area contributed by atoms with Gasteiger partial charge in [0.2, 0.25) is 5.88 Å². The van der Waals surface area contributed by atoms with Gasteiger partial charge in [-0.1, -0.05) is 52.8 Å². The third kappa shape index (κ3) is 7.20. The molecule has 150 valence electrons. The summed E-state index contributed by atoms with van der Waals surface area (Å²) in [5, 5.41) is 0. The summed E-state index contributed by atoms with van der Waals surface area (Å²) in [4.78, 5) is 18.9. The van der Waals surface area contributed by atoms with Crippen molar-refractivity contribution in [2.75, 3.05) is 13.1 Å². The van der Waals surface area contributed by atoms with Crippen LogP contribution in [-0.4, -0.2) is 35.0 Å². The van der Waals surface area contributed by atoms with E-state index in [0.717, 1.165) is 36.9 Å². The van der Waals surface area contributed by atoms with Crippen molar-refractivity contribution in [3.8, 4) is 5.88 Å². The first kappa shape index (κ1) is 22.9. The molecule has 1 aromatic heterocycles. The van der Waals surface area contributed by atoms with Crippen LogP contribution in [0.4, 0.5) is 0 Å². The molecule has 1 fully saturated rings. The Kier molecular flexibility index (Phi) is 10.5. The Morgan fingerprint density at radius 3 is 2.67 bits per heavy atom. The zero-order valence-electron chi connectivity index (χ0n) is 17.9. The molecule has 0 spiro atoms. The number of carbonyl (C=O) groups is 1. The van der Waals surface area contributed by atoms with Crippen LogP contribution < -0.4 is 4.74 Å². The fourth-order valence-electron chi connectivity index (χ4n) is 3.13. The molecule has 1 aliphatic heterocycles. The average molecular weight is 373 g/mol. The predicted octanol–water partition coefficient (Wildman–Crippen LogP) is 5.33. The van der Waals surface area contributed by atoms with Gasteiger partial charge in [-0.25, -0.2) is 4.98 Å². The van der Waals surface area contributed by atoms with Gasteiger partial charge in [0.1, 0.15) is 6.10 Å². The van der Waals surface area contributed by atoms with E-state index in [1.165, 1.54) is 0 Å². The topological polar surface area (TPSA) is 42.4 Å². The molecule has 1 aromatic rings. The van der Waals surface area contributed by atoms with Gasteiger partial charge in [-0.05, 0) is 43.7 Å². The van der Waals surface area contributed by atoms with Crippen LogP contribution in [0.1, 0.15) is 59.4 Å². The number of rotatable bonds is 3. The monoisotopic (exact) mass is 372 g/mol. The predicted molar refractivity (Wildman–Crippen MR) is 113 cm³/mol. The Bertz CT molecular complexity index is 637. The molecule has 0 saturated carbocycles. The summed E-state index contributed by atoms with van der Waals surface area (Å²) in [6.07, 6.45) is 10.8. The zero-order chi connectivity index (χ0) is 20.2. The second-order valence-electron chi connectivity index (χ2n) is 6.54. The number of aromatic nitrogens is 1. The number of carbonyl (C=O) groups excluding carboxylic acids is 1. The van der Waals surface area contributed by atoms with Gasteiger partial charge in [0.15, 0.2) is 0 Å². The molecule has 3 rings (SSSR count). The van der Waals surface area contributed by atoms with E-state index < -0.39 is 0 Å². The standard InChI is InChI=1S/C19H24N2O2.2C2H6/c1-14-5-3-6-16(11-14)19(22)21-10-4-7-17(13-21)23-18-12-15(2)8-9-20-18;2*1-2/h3,6,8-9,11-12,14,17H,4-5,7,10,13H2,1-2H3;2*1-2H3/t14?,17-;;/m1../s1. The summed E-state index contributed by atoms with van der Waals surface area (Å²) < 4.78 is 5.98. The third-order valence-corrected chi connectivity index (χ3v) is 4.36. The lowest BCUT2D eigenvalue weighted by atomic mass is 9.96. The summed E-state index contributed by atoms with van der Waals surface area (Å²) in [5.74, 6) is 1.21. The van der Waals surface area contributed by atoms with Crippen molar-refractivity contribution < 1.29 is 9.53 Å². The normalized spacial score (nSPS) is 21.1. The van der Waals surface area contributed by atoms with Crippen molar-refractivity contribution >= 4 is 5.91 Å². The molecule has 1 unspecified atom stereocenters. The summed E-state index contributed by atoms with van der Waals surface area (Å²) in [5.41, 5.74) is 1.95. The molecule has 4 heteroatoms. The molecule has 1 amide bonds. The number of pyridine rings is 1. The van der Waals surface area contributed by atoms with Gasteiger partial charge in [-0.15, -0.1) is 0 Å². The molecular weight excluding hydrogens is 336 g/mol. The maximum absolute atomic E-state index is 12.7. The number of allylic oxidation sites excluding steroid dienone is 2. The lowest BCUT2D eigenvalue weighted by Gasteiger charge is -2.33. The van der Waals surface area contributed by atoms with Gasteiger partial charge in [-0.3, -0.25) is 4.79 Å². The molecule has 1 saturated heterocycles. The first-order chi connectivity index (χ1) is 13.1. The molecule has 0 aromatic carbocycles. The number of hydrogen-bond acceptors (Lipinski definition) is 3. The highest BCUT2D eigenvalue weighted by molar-refractivity contribution is 5.96. The van der Waals surface area contributed by atoms with E-state index in [0.29, 0.717) is 18.3 Å². The quantitative estimate of drug-likeness (QED) is 0.720. The highest BCUT2D eigenvalue weighted by Crippen LogP contribution is 2.22. The minimum atomic E-state index is 0.0209. The highest BCUT2D eigenvalue weighted by atomic mass is 16.5. The second-order valence-corrected chi connectivity index (χ2v) is 6.54. The van der Waals surface area contributed by atoms with Crippen LogP contribution in [0.3, 0.4) is 0 Å². The number of piperidine rings is 1. The third-order valence-electron chi connectivity index (χ3n) is 4.36. The van der Waals surface area contributed by atoms with Gasteiger partial charge in [0.05, 0.1) is 6.54 Å². The number of nitrogens with zero attached hydrogens (tertiary/aromatic N) is 2. The lowest BCUT2D eigenvalue weighted by Crippen LogP contribution is -2.45. The first-order valence-corrected chi connectivity index (χ1v) is 10.4. The Morgan fingerprint density at radius 1 is 1.26 bits per heavy atom. The van der Waals surface area contributed by atoms with Crippen LogP contribution in [0.5, 0.6) is 5.88 Å². The molecule has 0 bridgehead atoms. The smallest absolute Gasteiger partial charge is 0.253 e. The maximum Gasteiger partial charge on any atom is 0.253 e. The summed E-state index contributed by atoms with van der Waals surface area (Å²) in [6.45, 7) is 13.6. The Labute approximate surface area is 165 Å². The van der Waals surface area contributed by atoms with Gasteiger partial charge in [0, 0.05) is 24.4 Å². The molecule has 0 N–H and O–H groups in total. The van der Waals surface area contributed by atoms with E-state index >= 15 is 0 Å². The summed E-state index contributed by atoms with van der Waals surface area (Å²) >= 11 is 0. The fourth-order valence-corrected chi connectivity index (χ4v) is 3.13. The largest absolute Gasteiger partial charge is 0.472 e. The van der Waals surface area contributed by atoms with Gasteiger partial charge < -0.3 is 9.64 Å². The van der Waals surface area contributed by atoms with Crippen LogP contribution in [0.2, 0.25) is 0 Å². The van der Waals surface area contributed by atoms with E-state index in [9.17, 15) is 4.79 Å². The summed E-state index contributed by atoms with van der Waals surface area (Å²) in [7, 11) is 0. The molecule has 2 aliphatic rings. The van der Waals surface area contributed by atoms with Crippen molar-refractivity contribution in [3.05, 3.63) is 47.7 Å². The second kappa shape index (κ2) is 12.3. The average Bonchev–Trinajstić information content (AvgIpc) is 2.71. The first-order valence-electron chi connectivity index (χ1n) is 10.4. The molecule has 2 heterocycles. The Morgan fingerprint density at radius 2 is 2.00 bits per heavy atom. The zero-order valence-corrected chi connectivity index (χ0v) is 17.9. The van der Waals surface area contributed by atoms with Crippen molar-refractivity contribution in [1.82, 2.24) is 9.88 Å². The van der Waals surface area contributed by atoms with Crippen molar-refractivity contribution in [2.45, 2.75) is 66.9 Å². The van der Waals surface area contributed by atoms with Crippen LogP contribution in [0.15, 0.2) is 42.1 Å². The number of hydrogen-bond donors (Lipinski definition) is 0. The molecular formula is C23H36N2O2. The Balaban J connectivity index is 0.000000855. The molecule has 4 nitrogen and oxygen atoms in total. The van der Waals surface area contributed by atoms with Crippen molar-refractivity contribution in [3.63, 3.8) is 0 Å². The number of amides is 1. The van der Waals surface area contributed by atoms with Crippen LogP contribution >= 0.6 is 0 Å². The van der Waals surface area contributed by atoms with Crippen molar-refractivity contribution in [1.29, 1.82) is 0 Å². The van der Waals surface area contributed by atoms with Gasteiger partial charge in [0.25, 0.3) is 5.91 Å². The molecule has 2 atom stereocenters. The fraction of sp³-hybridized carbons (Fsp3) is 0.565. The SMILES string of the molecule is CC.CC.Cc1ccnc(O[C@@H]2CCCN(C(=O)C3=CC(C)CC=C3)C2)c1. The van der Waals surface area contributed by atoms with E-state index in [2.05, 4.69) is 24.1 Å². The summed E-state index contributed by atoms with van der Waals surface area (Å²) in [6, 6.07) is 3.89. The van der Waals surface area contributed by atoms with Crippen LogP contribution in [0, 0.1) is 12.8 Å². The minimum absolute atomic E-state index is 0.0209. The number of likely N-dealkylation sites (tertiary alicyclic amines) is 1. The minimum Gasteiger partial charge on any atom is -0.472 e. The van der Waals surface area contributed by atoms with Crippen LogP contribution in [-0.2, 0) is 4.79 Å². The molecule has 1 aliphatic carbocycles. The van der Waals surface area contributed by atoms with E-state index in [-0.39, 0.29) is 12.0 Å². The van der Waals surface area contributed by atoms with Gasteiger partial charge >= 0.3 is 0 Å². The van der Waals surface area contributed by atoms with Crippen LogP contribution in [0.25, 0.3) is 0 Å². The number of aryl methyl sites for hydroxylation is 1. The van der Waals surface area contributed by atoms with Crippen molar-refractivity contribution in [2.24, 2.45) is 5.92 Å². The molecule has 0 radical (unpaired) electrons. The highest BCUT2D eigenvalue weighted by Gasteiger charge is 2.27. The maximum atomic E-state index is 12.7. The van der Waals surface area contributed by atoms with E-state index in [1.54, 1.807) is 6.20 Å². The lowest BCUT2D eigenvalue weighted by molar-refractivity contribution is -0.129. The Hall–Kier alpha value is -2.10.